The van der Waals surface area contributed by atoms with Gasteiger partial charge in [0.2, 0.25) is 0 Å². The van der Waals surface area contributed by atoms with Crippen molar-refractivity contribution in [3.8, 4) is 11.5 Å². The molecule has 3 aromatic carbocycles. The summed E-state index contributed by atoms with van der Waals surface area (Å²) in [6.07, 6.45) is 0. The molecular formula is C19H16O3. The van der Waals surface area contributed by atoms with Gasteiger partial charge in [-0.3, -0.25) is 4.79 Å². The number of phenols is 1. The zero-order chi connectivity index (χ0) is 15.5. The zero-order valence-corrected chi connectivity index (χ0v) is 12.2. The van der Waals surface area contributed by atoms with Crippen LogP contribution in [0.5, 0.6) is 11.5 Å². The highest BCUT2D eigenvalue weighted by Crippen LogP contribution is 2.35. The average Bonchev–Trinajstić information content (AvgIpc) is 2.57. The Morgan fingerprint density at radius 3 is 2.41 bits per heavy atom. The third kappa shape index (κ3) is 2.66. The van der Waals surface area contributed by atoms with E-state index in [0.29, 0.717) is 5.39 Å². The van der Waals surface area contributed by atoms with Crippen molar-refractivity contribution in [2.75, 3.05) is 0 Å². The van der Waals surface area contributed by atoms with E-state index in [1.807, 2.05) is 54.6 Å². The second kappa shape index (κ2) is 5.90. The molecule has 0 aliphatic heterocycles. The molecule has 0 spiro atoms. The summed E-state index contributed by atoms with van der Waals surface area (Å²) < 4.78 is 5.38. The molecule has 3 heteroatoms. The Kier molecular flexibility index (Phi) is 3.79. The summed E-state index contributed by atoms with van der Waals surface area (Å²) in [4.78, 5) is 12.3. The zero-order valence-electron chi connectivity index (χ0n) is 12.2. The molecule has 3 rings (SSSR count). The molecule has 0 radical (unpaired) electrons. The number of hydrogen-bond acceptors (Lipinski definition) is 3. The van der Waals surface area contributed by atoms with Crippen molar-refractivity contribution in [2.24, 2.45) is 0 Å². The fraction of sp³-hybridized carbons (Fsp3) is 0.105. The fourth-order valence-corrected chi connectivity index (χ4v) is 2.39. The van der Waals surface area contributed by atoms with Gasteiger partial charge in [0.1, 0.15) is 0 Å². The lowest BCUT2D eigenvalue weighted by atomic mass is 10.0. The molecule has 1 atom stereocenters. The Balaban J connectivity index is 1.87. The Hall–Kier alpha value is -2.81. The van der Waals surface area contributed by atoms with Gasteiger partial charge in [0.25, 0.3) is 0 Å². The Labute approximate surface area is 128 Å². The summed E-state index contributed by atoms with van der Waals surface area (Å²) in [7, 11) is 0. The number of carbonyl (C=O) groups excluding carboxylic acids is 1. The number of ether oxygens (including phenoxy) is 1. The number of phenolic OH excluding ortho intramolecular Hbond substituents is 1. The molecule has 0 aromatic heterocycles. The summed E-state index contributed by atoms with van der Waals surface area (Å²) in [5, 5.41) is 11.8. The smallest absolute Gasteiger partial charge is 0.318 e. The number of carbonyl (C=O) groups is 1. The highest BCUT2D eigenvalue weighted by atomic mass is 16.5. The molecular weight excluding hydrogens is 276 g/mol. The van der Waals surface area contributed by atoms with E-state index in [9.17, 15) is 9.90 Å². The van der Waals surface area contributed by atoms with Crippen molar-refractivity contribution >= 4 is 16.7 Å². The molecule has 0 heterocycles. The second-order valence-electron chi connectivity index (χ2n) is 5.19. The maximum atomic E-state index is 12.3. The molecule has 3 aromatic rings. The minimum Gasteiger partial charge on any atom is -0.504 e. The molecule has 0 fully saturated rings. The molecule has 22 heavy (non-hydrogen) atoms. The first kappa shape index (κ1) is 14.1. The van der Waals surface area contributed by atoms with Crippen LogP contribution in [-0.4, -0.2) is 11.1 Å². The Bertz CT molecular complexity index is 809. The van der Waals surface area contributed by atoms with E-state index < -0.39 is 11.9 Å². The van der Waals surface area contributed by atoms with Gasteiger partial charge in [-0.05, 0) is 23.9 Å². The van der Waals surface area contributed by atoms with Gasteiger partial charge in [0, 0.05) is 5.39 Å². The monoisotopic (exact) mass is 292 g/mol. The minimum atomic E-state index is -0.396. The van der Waals surface area contributed by atoms with Crippen molar-refractivity contribution in [3.05, 3.63) is 72.3 Å². The molecule has 0 aliphatic rings. The van der Waals surface area contributed by atoms with Crippen molar-refractivity contribution in [3.63, 3.8) is 0 Å². The molecule has 3 nitrogen and oxygen atoms in total. The van der Waals surface area contributed by atoms with Crippen LogP contribution in [-0.2, 0) is 4.79 Å². The lowest BCUT2D eigenvalue weighted by Crippen LogP contribution is -2.16. The summed E-state index contributed by atoms with van der Waals surface area (Å²) >= 11 is 0. The van der Waals surface area contributed by atoms with E-state index in [4.69, 9.17) is 4.74 Å². The summed E-state index contributed by atoms with van der Waals surface area (Å²) in [6, 6.07) is 20.3. The number of hydrogen-bond donors (Lipinski definition) is 1. The summed E-state index contributed by atoms with van der Waals surface area (Å²) in [5.41, 5.74) is 0.882. The predicted octanol–water partition coefficient (Wildman–Crippen LogP) is 4.25. The van der Waals surface area contributed by atoms with Crippen LogP contribution in [0.4, 0.5) is 0 Å². The van der Waals surface area contributed by atoms with Crippen LogP contribution in [0.25, 0.3) is 10.8 Å². The van der Waals surface area contributed by atoms with Crippen LogP contribution in [0.2, 0.25) is 0 Å². The van der Waals surface area contributed by atoms with Gasteiger partial charge >= 0.3 is 5.97 Å². The molecule has 110 valence electrons. The van der Waals surface area contributed by atoms with Gasteiger partial charge in [0.05, 0.1) is 5.92 Å². The van der Waals surface area contributed by atoms with Gasteiger partial charge in [-0.2, -0.15) is 0 Å². The van der Waals surface area contributed by atoms with Crippen LogP contribution in [0.1, 0.15) is 18.4 Å². The fourth-order valence-electron chi connectivity index (χ4n) is 2.39. The molecule has 1 N–H and O–H groups in total. The van der Waals surface area contributed by atoms with E-state index in [2.05, 4.69) is 0 Å². The molecule has 0 bridgehead atoms. The van der Waals surface area contributed by atoms with Crippen molar-refractivity contribution < 1.29 is 14.6 Å². The summed E-state index contributed by atoms with van der Waals surface area (Å²) in [5.74, 6) is -0.609. The Morgan fingerprint density at radius 2 is 1.64 bits per heavy atom. The first-order valence-electron chi connectivity index (χ1n) is 7.14. The Morgan fingerprint density at radius 1 is 0.955 bits per heavy atom. The number of aromatic hydroxyl groups is 1. The van der Waals surface area contributed by atoms with Crippen LogP contribution in [0.15, 0.2) is 66.7 Å². The quantitative estimate of drug-likeness (QED) is 0.579. The average molecular weight is 292 g/mol. The van der Waals surface area contributed by atoms with E-state index in [1.165, 1.54) is 0 Å². The number of benzene rings is 3. The lowest BCUT2D eigenvalue weighted by molar-refractivity contribution is -0.135. The van der Waals surface area contributed by atoms with Gasteiger partial charge < -0.3 is 9.84 Å². The van der Waals surface area contributed by atoms with Crippen LogP contribution in [0.3, 0.4) is 0 Å². The lowest BCUT2D eigenvalue weighted by Gasteiger charge is -2.13. The SMILES string of the molecule is CC(C(=O)Oc1ccc2ccccc2c1O)c1ccccc1. The highest BCUT2D eigenvalue weighted by molar-refractivity contribution is 5.91. The van der Waals surface area contributed by atoms with Crippen molar-refractivity contribution in [1.29, 1.82) is 0 Å². The van der Waals surface area contributed by atoms with Gasteiger partial charge in [-0.1, -0.05) is 60.7 Å². The first-order valence-corrected chi connectivity index (χ1v) is 7.14. The van der Waals surface area contributed by atoms with E-state index in [0.717, 1.165) is 10.9 Å². The van der Waals surface area contributed by atoms with Gasteiger partial charge in [0.15, 0.2) is 11.5 Å². The van der Waals surface area contributed by atoms with Crippen LogP contribution >= 0.6 is 0 Å². The third-order valence-electron chi connectivity index (χ3n) is 3.73. The molecule has 1 unspecified atom stereocenters. The minimum absolute atomic E-state index is 0.00767. The number of esters is 1. The largest absolute Gasteiger partial charge is 0.504 e. The van der Waals surface area contributed by atoms with Gasteiger partial charge in [-0.15, -0.1) is 0 Å². The van der Waals surface area contributed by atoms with Crippen LogP contribution in [0, 0.1) is 0 Å². The van der Waals surface area contributed by atoms with E-state index in [-0.39, 0.29) is 11.5 Å². The highest BCUT2D eigenvalue weighted by Gasteiger charge is 2.19. The van der Waals surface area contributed by atoms with Crippen LogP contribution < -0.4 is 4.74 Å². The first-order chi connectivity index (χ1) is 10.7. The molecule has 0 aliphatic carbocycles. The number of rotatable bonds is 3. The maximum absolute atomic E-state index is 12.3. The predicted molar refractivity (Wildman–Crippen MR) is 86.1 cm³/mol. The second-order valence-corrected chi connectivity index (χ2v) is 5.19. The standard InChI is InChI=1S/C19H16O3/c1-13(14-7-3-2-4-8-14)19(21)22-17-12-11-15-9-5-6-10-16(15)18(17)20/h2-13,20H,1H3. The third-order valence-corrected chi connectivity index (χ3v) is 3.73. The summed E-state index contributed by atoms with van der Waals surface area (Å²) in [6.45, 7) is 1.79. The maximum Gasteiger partial charge on any atom is 0.318 e. The van der Waals surface area contributed by atoms with Gasteiger partial charge in [-0.25, -0.2) is 0 Å². The van der Waals surface area contributed by atoms with Crippen molar-refractivity contribution in [1.82, 2.24) is 0 Å². The molecule has 0 amide bonds. The number of fused-ring (bicyclic) bond motifs is 1. The topological polar surface area (TPSA) is 46.5 Å². The van der Waals surface area contributed by atoms with E-state index >= 15 is 0 Å². The van der Waals surface area contributed by atoms with E-state index in [1.54, 1.807) is 19.1 Å². The molecule has 0 saturated heterocycles. The molecule has 0 saturated carbocycles. The normalized spacial score (nSPS) is 12.0. The van der Waals surface area contributed by atoms with Crippen molar-refractivity contribution in [2.45, 2.75) is 12.8 Å².